The highest BCUT2D eigenvalue weighted by Gasteiger charge is 2.37. The molecule has 6 nitrogen and oxygen atoms in total. The monoisotopic (exact) mass is 490 g/mol. The molecule has 1 saturated carbocycles. The van der Waals surface area contributed by atoms with E-state index in [1.165, 1.54) is 0 Å². The molecule has 0 aromatic heterocycles. The second kappa shape index (κ2) is 8.80. The first kappa shape index (κ1) is 23.8. The minimum Gasteiger partial charge on any atom is -0.508 e. The third-order valence-electron chi connectivity index (χ3n) is 5.75. The van der Waals surface area contributed by atoms with E-state index < -0.39 is 41.6 Å². The number of halogens is 6. The molecule has 1 fully saturated rings. The zero-order valence-electron chi connectivity index (χ0n) is 17.5. The fourth-order valence-corrected chi connectivity index (χ4v) is 4.21. The lowest BCUT2D eigenvalue weighted by Gasteiger charge is -2.27. The van der Waals surface area contributed by atoms with Gasteiger partial charge < -0.3 is 25.2 Å². The molecule has 1 aliphatic heterocycles. The normalized spacial score (nSPS) is 18.6. The van der Waals surface area contributed by atoms with Gasteiger partial charge in [-0.05, 0) is 42.5 Å². The molecule has 1 heterocycles. The Morgan fingerprint density at radius 1 is 1.09 bits per heavy atom. The van der Waals surface area contributed by atoms with Crippen LogP contribution in [-0.2, 0) is 11.0 Å². The predicted octanol–water partition coefficient (Wildman–Crippen LogP) is 5.78. The van der Waals surface area contributed by atoms with E-state index >= 15 is 0 Å². The standard InChI is InChI=1S/C22H20F6N2O4/c23-21(24,25)14-8-13(11-3-1-2-4-11)17(31)9-15(14)30-20(32)19-10-29-16-7-12(34-22(26,27)28)5-6-18(16)33-19/h5-9,11,19,29,31H,1-4,10H2,(H,30,32)/t19-/m0/s1. The van der Waals surface area contributed by atoms with Crippen LogP contribution in [0, 0.1) is 0 Å². The summed E-state index contributed by atoms with van der Waals surface area (Å²) < 4.78 is 87.6. The van der Waals surface area contributed by atoms with Gasteiger partial charge in [-0.3, -0.25) is 4.79 Å². The van der Waals surface area contributed by atoms with Crippen molar-refractivity contribution in [1.29, 1.82) is 0 Å². The van der Waals surface area contributed by atoms with Gasteiger partial charge >= 0.3 is 12.5 Å². The molecule has 1 atom stereocenters. The summed E-state index contributed by atoms with van der Waals surface area (Å²) >= 11 is 0. The summed E-state index contributed by atoms with van der Waals surface area (Å²) in [6.07, 6.45) is -7.87. The van der Waals surface area contributed by atoms with Gasteiger partial charge in [-0.25, -0.2) is 0 Å². The van der Waals surface area contributed by atoms with Crippen LogP contribution < -0.4 is 20.1 Å². The number of anilines is 2. The third-order valence-corrected chi connectivity index (χ3v) is 5.75. The van der Waals surface area contributed by atoms with Gasteiger partial charge in [-0.1, -0.05) is 12.8 Å². The molecule has 0 spiro atoms. The molecule has 3 N–H and O–H groups in total. The van der Waals surface area contributed by atoms with Crippen molar-refractivity contribution in [2.45, 2.75) is 50.2 Å². The lowest BCUT2D eigenvalue weighted by molar-refractivity contribution is -0.274. The van der Waals surface area contributed by atoms with E-state index in [4.69, 9.17) is 4.74 Å². The van der Waals surface area contributed by atoms with Crippen LogP contribution >= 0.6 is 0 Å². The maximum Gasteiger partial charge on any atom is 0.573 e. The van der Waals surface area contributed by atoms with Gasteiger partial charge in [0, 0.05) is 12.1 Å². The van der Waals surface area contributed by atoms with Gasteiger partial charge in [0.1, 0.15) is 17.2 Å². The van der Waals surface area contributed by atoms with Crippen LogP contribution in [0.5, 0.6) is 17.2 Å². The van der Waals surface area contributed by atoms with Crippen molar-refractivity contribution in [3.63, 3.8) is 0 Å². The van der Waals surface area contributed by atoms with Crippen LogP contribution in [-0.4, -0.2) is 30.0 Å². The molecule has 0 unspecified atom stereocenters. The Morgan fingerprint density at radius 3 is 2.44 bits per heavy atom. The number of ether oxygens (including phenoxy) is 2. The number of amides is 1. The van der Waals surface area contributed by atoms with Gasteiger partial charge in [0.15, 0.2) is 6.10 Å². The first-order valence-corrected chi connectivity index (χ1v) is 10.5. The molecule has 1 amide bonds. The zero-order chi connectivity index (χ0) is 24.7. The summed E-state index contributed by atoms with van der Waals surface area (Å²) in [6.45, 7) is -0.220. The van der Waals surface area contributed by atoms with E-state index in [0.29, 0.717) is 12.8 Å². The minimum absolute atomic E-state index is 0.0244. The number of fused-ring (bicyclic) bond motifs is 1. The molecule has 34 heavy (non-hydrogen) atoms. The second-order valence-electron chi connectivity index (χ2n) is 8.12. The summed E-state index contributed by atoms with van der Waals surface area (Å²) in [5.41, 5.74) is -1.37. The Morgan fingerprint density at radius 2 is 1.79 bits per heavy atom. The van der Waals surface area contributed by atoms with Crippen molar-refractivity contribution in [2.24, 2.45) is 0 Å². The molecule has 4 rings (SSSR count). The maximum absolute atomic E-state index is 13.7. The van der Waals surface area contributed by atoms with Crippen molar-refractivity contribution in [1.82, 2.24) is 0 Å². The summed E-state index contributed by atoms with van der Waals surface area (Å²) in [5, 5.41) is 15.2. The number of phenolic OH excluding ortho intramolecular Hbond substituents is 1. The van der Waals surface area contributed by atoms with Gasteiger partial charge in [0.05, 0.1) is 23.5 Å². The van der Waals surface area contributed by atoms with E-state index in [-0.39, 0.29) is 35.2 Å². The zero-order valence-corrected chi connectivity index (χ0v) is 17.5. The number of phenols is 1. The number of benzene rings is 2. The SMILES string of the molecule is O=C(Nc1cc(O)c(C2CCCC2)cc1C(F)(F)F)[C@@H]1CNc2cc(OC(F)(F)F)ccc2O1. The number of carbonyl (C=O) groups excluding carboxylic acids is 1. The molecular weight excluding hydrogens is 470 g/mol. The lowest BCUT2D eigenvalue weighted by atomic mass is 9.94. The smallest absolute Gasteiger partial charge is 0.508 e. The number of nitrogens with one attached hydrogen (secondary N) is 2. The van der Waals surface area contributed by atoms with E-state index in [0.717, 1.165) is 43.2 Å². The minimum atomic E-state index is -4.89. The quantitative estimate of drug-likeness (QED) is 0.474. The number of carbonyl (C=O) groups is 1. The molecule has 0 saturated heterocycles. The van der Waals surface area contributed by atoms with Gasteiger partial charge in [-0.2, -0.15) is 13.2 Å². The topological polar surface area (TPSA) is 79.8 Å². The first-order chi connectivity index (χ1) is 15.9. The van der Waals surface area contributed by atoms with Crippen LogP contribution in [0.25, 0.3) is 0 Å². The molecule has 2 aliphatic rings. The van der Waals surface area contributed by atoms with Crippen molar-refractivity contribution in [3.05, 3.63) is 41.5 Å². The fraction of sp³-hybridized carbons (Fsp3) is 0.409. The van der Waals surface area contributed by atoms with Crippen molar-refractivity contribution < 1.29 is 45.7 Å². The summed E-state index contributed by atoms with van der Waals surface area (Å²) in [4.78, 5) is 12.7. The van der Waals surface area contributed by atoms with Crippen LogP contribution in [0.2, 0.25) is 0 Å². The molecule has 2 aromatic rings. The molecular formula is C22H20F6N2O4. The highest BCUT2D eigenvalue weighted by atomic mass is 19.4. The van der Waals surface area contributed by atoms with E-state index in [2.05, 4.69) is 15.4 Å². The average molecular weight is 490 g/mol. The van der Waals surface area contributed by atoms with Crippen LogP contribution in [0.3, 0.4) is 0 Å². The molecule has 2 aromatic carbocycles. The molecule has 0 bridgehead atoms. The molecule has 1 aliphatic carbocycles. The van der Waals surface area contributed by atoms with E-state index in [9.17, 15) is 36.2 Å². The Kier molecular flexibility index (Phi) is 6.17. The first-order valence-electron chi connectivity index (χ1n) is 10.5. The Bertz CT molecular complexity index is 1080. The molecule has 184 valence electrons. The Labute approximate surface area is 189 Å². The number of hydrogen-bond acceptors (Lipinski definition) is 5. The fourth-order valence-electron chi connectivity index (χ4n) is 4.21. The van der Waals surface area contributed by atoms with E-state index in [1.807, 2.05) is 0 Å². The van der Waals surface area contributed by atoms with Crippen molar-refractivity contribution >= 4 is 17.3 Å². The molecule has 12 heteroatoms. The summed E-state index contributed by atoms with van der Waals surface area (Å²) in [7, 11) is 0. The number of aromatic hydroxyl groups is 1. The van der Waals surface area contributed by atoms with Crippen molar-refractivity contribution in [2.75, 3.05) is 17.2 Å². The predicted molar refractivity (Wildman–Crippen MR) is 109 cm³/mol. The summed E-state index contributed by atoms with van der Waals surface area (Å²) in [5.74, 6) is -1.92. The number of hydrogen-bond donors (Lipinski definition) is 3. The van der Waals surface area contributed by atoms with Gasteiger partial charge in [0.2, 0.25) is 0 Å². The van der Waals surface area contributed by atoms with Crippen molar-refractivity contribution in [3.8, 4) is 17.2 Å². The Hall–Kier alpha value is -3.31. The highest BCUT2D eigenvalue weighted by molar-refractivity contribution is 5.96. The third kappa shape index (κ3) is 5.26. The van der Waals surface area contributed by atoms with E-state index in [1.54, 1.807) is 0 Å². The van der Waals surface area contributed by atoms with Gasteiger partial charge in [0.25, 0.3) is 5.91 Å². The summed E-state index contributed by atoms with van der Waals surface area (Å²) in [6, 6.07) is 4.91. The molecule has 0 radical (unpaired) electrons. The largest absolute Gasteiger partial charge is 0.573 e. The second-order valence-corrected chi connectivity index (χ2v) is 8.12. The lowest BCUT2D eigenvalue weighted by Crippen LogP contribution is -2.41. The maximum atomic E-state index is 13.7. The van der Waals surface area contributed by atoms with Crippen LogP contribution in [0.1, 0.15) is 42.7 Å². The van der Waals surface area contributed by atoms with Gasteiger partial charge in [-0.15, -0.1) is 13.2 Å². The average Bonchev–Trinajstić information content (AvgIpc) is 3.26. The van der Waals surface area contributed by atoms with Crippen LogP contribution in [0.4, 0.5) is 37.7 Å². The highest BCUT2D eigenvalue weighted by Crippen LogP contribution is 2.44. The number of alkyl halides is 6. The Balaban J connectivity index is 1.52. The van der Waals surface area contributed by atoms with Crippen LogP contribution in [0.15, 0.2) is 30.3 Å². The number of rotatable bonds is 4.